The maximum Gasteiger partial charge on any atom is 0.274 e. The molecule has 1 aliphatic heterocycles. The Morgan fingerprint density at radius 2 is 2.04 bits per heavy atom. The van der Waals surface area contributed by atoms with Crippen LogP contribution < -0.4 is 5.73 Å². The molecule has 1 unspecified atom stereocenters. The molecule has 2 aromatic rings. The molecule has 2 heterocycles. The Labute approximate surface area is 163 Å². The van der Waals surface area contributed by atoms with Gasteiger partial charge in [-0.05, 0) is 31.0 Å². The Balaban J connectivity index is 1.79. The monoisotopic (exact) mass is 389 g/mol. The maximum absolute atomic E-state index is 12.9. The third-order valence-electron chi connectivity index (χ3n) is 5.02. The summed E-state index contributed by atoms with van der Waals surface area (Å²) in [5.74, 6) is -0.0144. The number of carbonyl (C=O) groups is 2. The highest BCUT2D eigenvalue weighted by atomic mass is 35.5. The zero-order valence-corrected chi connectivity index (χ0v) is 16.5. The molecule has 144 valence electrons. The summed E-state index contributed by atoms with van der Waals surface area (Å²) in [5, 5.41) is 0.365. The molecule has 1 saturated heterocycles. The fourth-order valence-corrected chi connectivity index (χ4v) is 3.55. The summed E-state index contributed by atoms with van der Waals surface area (Å²) in [6.07, 6.45) is 1.53. The van der Waals surface area contributed by atoms with Crippen LogP contribution in [-0.4, -0.2) is 57.3 Å². The molecule has 1 aromatic heterocycles. The molecule has 0 spiro atoms. The van der Waals surface area contributed by atoms with Crippen molar-refractivity contribution in [3.63, 3.8) is 0 Å². The predicted octanol–water partition coefficient (Wildman–Crippen LogP) is 2.58. The average molecular weight is 390 g/mol. The van der Waals surface area contributed by atoms with Gasteiger partial charge in [-0.1, -0.05) is 25.4 Å². The third-order valence-corrected chi connectivity index (χ3v) is 5.34. The molecule has 0 saturated carbocycles. The van der Waals surface area contributed by atoms with E-state index in [9.17, 15) is 9.59 Å². The Morgan fingerprint density at radius 3 is 2.63 bits per heavy atom. The first-order chi connectivity index (χ1) is 12.8. The van der Waals surface area contributed by atoms with Gasteiger partial charge >= 0.3 is 0 Å². The minimum atomic E-state index is -0.106. The molecule has 1 atom stereocenters. The highest BCUT2D eigenvalue weighted by molar-refractivity contribution is 6.33. The number of nitrogens with zero attached hydrogens (tertiary/aromatic N) is 3. The van der Waals surface area contributed by atoms with Crippen molar-refractivity contribution in [3.05, 3.63) is 46.5 Å². The minimum absolute atomic E-state index is 0.0875. The van der Waals surface area contributed by atoms with Gasteiger partial charge in [-0.25, -0.2) is 4.98 Å². The van der Waals surface area contributed by atoms with Crippen molar-refractivity contribution in [1.29, 1.82) is 0 Å². The number of imidazole rings is 1. The SMILES string of the molecule is Cc1[nH]cnc1C(=O)N1CCN(C(=O)c2ccc(N)c(Cl)c2)CC1C(C)C. The fraction of sp³-hybridized carbons (Fsp3) is 0.421. The first-order valence-electron chi connectivity index (χ1n) is 8.94. The number of halogens is 1. The number of hydrogen-bond donors (Lipinski definition) is 2. The first kappa shape index (κ1) is 19.2. The topological polar surface area (TPSA) is 95.3 Å². The van der Waals surface area contributed by atoms with E-state index in [2.05, 4.69) is 23.8 Å². The highest BCUT2D eigenvalue weighted by Crippen LogP contribution is 2.24. The molecule has 0 radical (unpaired) electrons. The van der Waals surface area contributed by atoms with Crippen molar-refractivity contribution in [2.24, 2.45) is 5.92 Å². The van der Waals surface area contributed by atoms with E-state index in [1.807, 2.05) is 11.8 Å². The van der Waals surface area contributed by atoms with Crippen LogP contribution in [0.15, 0.2) is 24.5 Å². The maximum atomic E-state index is 12.9. The summed E-state index contributed by atoms with van der Waals surface area (Å²) in [7, 11) is 0. The number of aryl methyl sites for hydroxylation is 1. The van der Waals surface area contributed by atoms with Crippen LogP contribution in [-0.2, 0) is 0 Å². The Morgan fingerprint density at radius 1 is 1.30 bits per heavy atom. The quantitative estimate of drug-likeness (QED) is 0.788. The van der Waals surface area contributed by atoms with E-state index in [1.54, 1.807) is 23.1 Å². The van der Waals surface area contributed by atoms with Crippen LogP contribution in [0.3, 0.4) is 0 Å². The van der Waals surface area contributed by atoms with Crippen molar-refractivity contribution in [2.75, 3.05) is 25.4 Å². The van der Waals surface area contributed by atoms with E-state index >= 15 is 0 Å². The second-order valence-corrected chi connectivity index (χ2v) is 7.58. The molecule has 27 heavy (non-hydrogen) atoms. The molecular formula is C19H24ClN5O2. The van der Waals surface area contributed by atoms with Gasteiger partial charge in [0.05, 0.1) is 23.1 Å². The van der Waals surface area contributed by atoms with Crippen LogP contribution in [0.4, 0.5) is 5.69 Å². The van der Waals surface area contributed by atoms with E-state index < -0.39 is 0 Å². The number of nitrogens with two attached hydrogens (primary N) is 1. The van der Waals surface area contributed by atoms with E-state index in [-0.39, 0.29) is 23.8 Å². The molecule has 7 nitrogen and oxygen atoms in total. The number of rotatable bonds is 3. The van der Waals surface area contributed by atoms with Crippen molar-refractivity contribution < 1.29 is 9.59 Å². The average Bonchev–Trinajstić information content (AvgIpc) is 3.08. The largest absolute Gasteiger partial charge is 0.398 e. The van der Waals surface area contributed by atoms with Crippen LogP contribution in [0, 0.1) is 12.8 Å². The van der Waals surface area contributed by atoms with Crippen molar-refractivity contribution in [1.82, 2.24) is 19.8 Å². The number of carbonyl (C=O) groups excluding carboxylic acids is 2. The van der Waals surface area contributed by atoms with Gasteiger partial charge in [0.15, 0.2) is 0 Å². The molecule has 0 bridgehead atoms. The molecule has 3 N–H and O–H groups in total. The van der Waals surface area contributed by atoms with E-state index in [4.69, 9.17) is 17.3 Å². The molecular weight excluding hydrogens is 366 g/mol. The molecule has 2 amide bonds. The van der Waals surface area contributed by atoms with Crippen LogP contribution in [0.5, 0.6) is 0 Å². The number of aromatic amines is 1. The number of aromatic nitrogens is 2. The zero-order chi connectivity index (χ0) is 19.7. The van der Waals surface area contributed by atoms with Gasteiger partial charge in [-0.15, -0.1) is 0 Å². The Bertz CT molecular complexity index is 864. The van der Waals surface area contributed by atoms with Gasteiger partial charge in [-0.2, -0.15) is 0 Å². The van der Waals surface area contributed by atoms with Crippen molar-refractivity contribution in [2.45, 2.75) is 26.8 Å². The fourth-order valence-electron chi connectivity index (χ4n) is 3.37. The lowest BCUT2D eigenvalue weighted by molar-refractivity contribution is 0.0299. The molecule has 3 rings (SSSR count). The number of nitrogens with one attached hydrogen (secondary N) is 1. The summed E-state index contributed by atoms with van der Waals surface area (Å²) >= 11 is 6.05. The Hall–Kier alpha value is -2.54. The van der Waals surface area contributed by atoms with Crippen molar-refractivity contribution >= 4 is 29.1 Å². The van der Waals surface area contributed by atoms with Gasteiger partial charge in [0.2, 0.25) is 0 Å². The second-order valence-electron chi connectivity index (χ2n) is 7.17. The predicted molar refractivity (Wildman–Crippen MR) is 105 cm³/mol. The minimum Gasteiger partial charge on any atom is -0.398 e. The van der Waals surface area contributed by atoms with Crippen LogP contribution >= 0.6 is 11.6 Å². The van der Waals surface area contributed by atoms with E-state index in [0.717, 1.165) is 5.69 Å². The number of hydrogen-bond acceptors (Lipinski definition) is 4. The lowest BCUT2D eigenvalue weighted by Gasteiger charge is -2.43. The number of anilines is 1. The van der Waals surface area contributed by atoms with Crippen LogP contribution in [0.25, 0.3) is 0 Å². The number of nitrogen functional groups attached to an aromatic ring is 1. The second kappa shape index (κ2) is 7.60. The molecule has 1 aliphatic rings. The van der Waals surface area contributed by atoms with Gasteiger partial charge in [0.1, 0.15) is 5.69 Å². The molecule has 1 aromatic carbocycles. The van der Waals surface area contributed by atoms with Crippen LogP contribution in [0.1, 0.15) is 40.4 Å². The standard InChI is InChI=1S/C19H24ClN5O2/c1-11(2)16-9-24(18(26)13-4-5-15(21)14(20)8-13)6-7-25(16)19(27)17-12(3)22-10-23-17/h4-5,8,10-11,16H,6-7,9,21H2,1-3H3,(H,22,23). The Kier molecular flexibility index (Phi) is 5.41. The first-order valence-corrected chi connectivity index (χ1v) is 9.32. The van der Waals surface area contributed by atoms with E-state index in [1.165, 1.54) is 6.33 Å². The number of H-pyrrole nitrogens is 1. The molecule has 8 heteroatoms. The summed E-state index contributed by atoms with van der Waals surface area (Å²) in [5.41, 5.74) is 7.86. The number of benzene rings is 1. The lowest BCUT2D eigenvalue weighted by atomic mass is 9.98. The van der Waals surface area contributed by atoms with Crippen LogP contribution in [0.2, 0.25) is 5.02 Å². The molecule has 0 aliphatic carbocycles. The number of amides is 2. The summed E-state index contributed by atoms with van der Waals surface area (Å²) < 4.78 is 0. The summed E-state index contributed by atoms with van der Waals surface area (Å²) in [4.78, 5) is 36.5. The van der Waals surface area contributed by atoms with E-state index in [0.29, 0.717) is 41.6 Å². The lowest BCUT2D eigenvalue weighted by Crippen LogP contribution is -2.58. The summed E-state index contributed by atoms with van der Waals surface area (Å²) in [6, 6.07) is 4.82. The van der Waals surface area contributed by atoms with Crippen molar-refractivity contribution in [3.8, 4) is 0 Å². The summed E-state index contributed by atoms with van der Waals surface area (Å²) in [6.45, 7) is 7.32. The van der Waals surface area contributed by atoms with Gasteiger partial charge in [0.25, 0.3) is 11.8 Å². The normalized spacial score (nSPS) is 17.4. The number of piperazine rings is 1. The third kappa shape index (κ3) is 3.78. The van der Waals surface area contributed by atoms with Gasteiger partial charge < -0.3 is 20.5 Å². The molecule has 1 fully saturated rings. The highest BCUT2D eigenvalue weighted by Gasteiger charge is 2.36. The zero-order valence-electron chi connectivity index (χ0n) is 15.7. The van der Waals surface area contributed by atoms with Gasteiger partial charge in [-0.3, -0.25) is 9.59 Å². The van der Waals surface area contributed by atoms with Gasteiger partial charge in [0, 0.05) is 30.9 Å². The smallest absolute Gasteiger partial charge is 0.274 e.